The molecule has 1 aliphatic carbocycles. The number of fused-ring (bicyclic) bond motifs is 1. The molecular weight excluding hydrogens is 362 g/mol. The van der Waals surface area contributed by atoms with E-state index in [0.29, 0.717) is 42.6 Å². The Morgan fingerprint density at radius 3 is 3.04 bits per heavy atom. The van der Waals surface area contributed by atoms with Crippen molar-refractivity contribution in [2.75, 3.05) is 13.2 Å². The van der Waals surface area contributed by atoms with Crippen molar-refractivity contribution >= 4 is 22.9 Å². The van der Waals surface area contributed by atoms with E-state index in [-0.39, 0.29) is 5.78 Å². The van der Waals surface area contributed by atoms with Crippen molar-refractivity contribution in [1.82, 2.24) is 4.40 Å². The van der Waals surface area contributed by atoms with E-state index in [0.717, 1.165) is 36.9 Å². The monoisotopic (exact) mass is 391 g/mol. The molecule has 0 saturated heterocycles. The second-order valence-corrected chi connectivity index (χ2v) is 8.33. The maximum Gasteiger partial charge on any atom is 0.165 e. The molecule has 5 heteroatoms. The number of hydrogen-bond donors (Lipinski definition) is 1. The number of ketones is 1. The third-order valence-corrected chi connectivity index (χ3v) is 6.02. The fourth-order valence-electron chi connectivity index (χ4n) is 4.35. The lowest BCUT2D eigenvalue weighted by molar-refractivity contribution is -0.0204. The second kappa shape index (κ2) is 8.76. The lowest BCUT2D eigenvalue weighted by Gasteiger charge is -2.35. The van der Waals surface area contributed by atoms with E-state index < -0.39 is 5.60 Å². The van der Waals surface area contributed by atoms with E-state index in [1.165, 1.54) is 6.42 Å². The number of pyridine rings is 1. The van der Waals surface area contributed by atoms with Crippen LogP contribution in [0.4, 0.5) is 0 Å². The van der Waals surface area contributed by atoms with Crippen LogP contribution in [0.15, 0.2) is 24.4 Å². The fourth-order valence-corrected chi connectivity index (χ4v) is 4.62. The minimum absolute atomic E-state index is 0.0508. The van der Waals surface area contributed by atoms with Crippen LogP contribution >= 0.6 is 11.6 Å². The van der Waals surface area contributed by atoms with Crippen molar-refractivity contribution in [3.63, 3.8) is 0 Å². The Kier molecular flexibility index (Phi) is 6.61. The van der Waals surface area contributed by atoms with Gasteiger partial charge in [-0.15, -0.1) is 0 Å². The van der Waals surface area contributed by atoms with E-state index in [1.807, 2.05) is 35.7 Å². The summed E-state index contributed by atoms with van der Waals surface area (Å²) in [5.74, 6) is 0.573. The van der Waals surface area contributed by atoms with Crippen LogP contribution in [0.5, 0.6) is 0 Å². The average molecular weight is 392 g/mol. The van der Waals surface area contributed by atoms with Crippen LogP contribution in [0.25, 0.3) is 5.52 Å². The molecule has 2 aromatic rings. The topological polar surface area (TPSA) is 50.9 Å². The SMILES string of the molecule is CCOCCc1cc(C(=O)CC[C@]2(O)CCC[C@H](C)C2)c2c(Cl)cccn12. The number of carbonyl (C=O) groups is 1. The van der Waals surface area contributed by atoms with Crippen LogP contribution in [0, 0.1) is 5.92 Å². The summed E-state index contributed by atoms with van der Waals surface area (Å²) in [6, 6.07) is 5.65. The molecule has 0 bridgehead atoms. The van der Waals surface area contributed by atoms with Gasteiger partial charge in [0.25, 0.3) is 0 Å². The Balaban J connectivity index is 1.79. The molecule has 1 saturated carbocycles. The minimum Gasteiger partial charge on any atom is -0.390 e. The lowest BCUT2D eigenvalue weighted by atomic mass is 9.76. The molecule has 2 aromatic heterocycles. The summed E-state index contributed by atoms with van der Waals surface area (Å²) >= 11 is 6.42. The summed E-state index contributed by atoms with van der Waals surface area (Å²) in [7, 11) is 0. The van der Waals surface area contributed by atoms with Crippen molar-refractivity contribution in [2.45, 2.75) is 64.4 Å². The molecule has 1 fully saturated rings. The maximum atomic E-state index is 13.0. The first-order valence-corrected chi connectivity index (χ1v) is 10.4. The second-order valence-electron chi connectivity index (χ2n) is 7.92. The van der Waals surface area contributed by atoms with Gasteiger partial charge in [-0.1, -0.05) is 31.4 Å². The number of halogens is 1. The Morgan fingerprint density at radius 2 is 2.30 bits per heavy atom. The van der Waals surface area contributed by atoms with Gasteiger partial charge in [-0.3, -0.25) is 4.79 Å². The normalized spacial score (nSPS) is 23.0. The van der Waals surface area contributed by atoms with Gasteiger partial charge in [0.05, 0.1) is 22.7 Å². The summed E-state index contributed by atoms with van der Waals surface area (Å²) in [6.07, 6.45) is 7.32. The summed E-state index contributed by atoms with van der Waals surface area (Å²) in [4.78, 5) is 13.0. The molecule has 1 N–H and O–H groups in total. The number of ether oxygens (including phenoxy) is 1. The van der Waals surface area contributed by atoms with E-state index in [4.69, 9.17) is 16.3 Å². The summed E-state index contributed by atoms with van der Waals surface area (Å²) in [5.41, 5.74) is 1.73. The molecule has 148 valence electrons. The molecule has 1 aliphatic rings. The van der Waals surface area contributed by atoms with Gasteiger partial charge < -0.3 is 14.2 Å². The summed E-state index contributed by atoms with van der Waals surface area (Å²) in [6.45, 7) is 5.43. The van der Waals surface area contributed by atoms with Crippen molar-refractivity contribution in [3.8, 4) is 0 Å². The quantitative estimate of drug-likeness (QED) is 0.504. The maximum absolute atomic E-state index is 13.0. The minimum atomic E-state index is -0.704. The number of aliphatic hydroxyl groups is 1. The highest BCUT2D eigenvalue weighted by Crippen LogP contribution is 2.36. The van der Waals surface area contributed by atoms with Crippen molar-refractivity contribution in [3.05, 3.63) is 40.7 Å². The molecule has 4 nitrogen and oxygen atoms in total. The number of nitrogens with zero attached hydrogens (tertiary/aromatic N) is 1. The third kappa shape index (κ3) is 4.74. The fraction of sp³-hybridized carbons (Fsp3) is 0.591. The number of hydrogen-bond acceptors (Lipinski definition) is 3. The number of Topliss-reactive ketones (excluding diaryl/α,β-unsaturated/α-hetero) is 1. The third-order valence-electron chi connectivity index (χ3n) is 5.71. The van der Waals surface area contributed by atoms with Gasteiger partial charge in [-0.05, 0) is 50.3 Å². The zero-order valence-corrected chi connectivity index (χ0v) is 17.1. The molecule has 0 spiro atoms. The van der Waals surface area contributed by atoms with Crippen LogP contribution in [0.2, 0.25) is 5.02 Å². The molecule has 27 heavy (non-hydrogen) atoms. The van der Waals surface area contributed by atoms with Crippen LogP contribution in [0.1, 0.15) is 68.4 Å². The van der Waals surface area contributed by atoms with Crippen molar-refractivity contribution < 1.29 is 14.6 Å². The molecule has 0 aromatic carbocycles. The van der Waals surface area contributed by atoms with Crippen LogP contribution in [0.3, 0.4) is 0 Å². The Bertz CT molecular complexity index is 800. The van der Waals surface area contributed by atoms with E-state index in [1.54, 1.807) is 0 Å². The average Bonchev–Trinajstić information content (AvgIpc) is 3.00. The first-order chi connectivity index (χ1) is 12.9. The van der Waals surface area contributed by atoms with Gasteiger partial charge in [-0.25, -0.2) is 0 Å². The van der Waals surface area contributed by atoms with Crippen molar-refractivity contribution in [1.29, 1.82) is 0 Å². The standard InChI is InChI=1S/C22H30ClNO3/c1-3-27-13-9-17-14-18(21-19(23)7-5-12-24(17)21)20(25)8-11-22(26)10-4-6-16(2)15-22/h5,7,12,14,16,26H,3-4,6,8-11,13,15H2,1-2H3/t16-,22+/m0/s1. The predicted molar refractivity (Wildman–Crippen MR) is 109 cm³/mol. The Morgan fingerprint density at radius 1 is 1.48 bits per heavy atom. The number of carbonyl (C=O) groups excluding carboxylic acids is 1. The Hall–Kier alpha value is -1.36. The number of rotatable bonds is 8. The zero-order chi connectivity index (χ0) is 19.4. The van der Waals surface area contributed by atoms with Gasteiger partial charge in [0.2, 0.25) is 0 Å². The lowest BCUT2D eigenvalue weighted by Crippen LogP contribution is -2.35. The van der Waals surface area contributed by atoms with E-state index in [9.17, 15) is 9.90 Å². The molecule has 3 rings (SSSR count). The highest BCUT2D eigenvalue weighted by atomic mass is 35.5. The van der Waals surface area contributed by atoms with Crippen molar-refractivity contribution in [2.24, 2.45) is 5.92 Å². The molecule has 2 heterocycles. The molecule has 0 unspecified atom stereocenters. The molecule has 0 aliphatic heterocycles. The first kappa shape index (κ1) is 20.4. The Labute approximate surface area is 166 Å². The zero-order valence-electron chi connectivity index (χ0n) is 16.3. The van der Waals surface area contributed by atoms with Gasteiger partial charge in [-0.2, -0.15) is 0 Å². The highest BCUT2D eigenvalue weighted by Gasteiger charge is 2.33. The van der Waals surface area contributed by atoms with Crippen LogP contribution in [-0.2, 0) is 11.2 Å². The summed E-state index contributed by atoms with van der Waals surface area (Å²) < 4.78 is 7.46. The largest absolute Gasteiger partial charge is 0.390 e. The molecule has 2 atom stereocenters. The molecule has 0 amide bonds. The van der Waals surface area contributed by atoms with Crippen LogP contribution < -0.4 is 0 Å². The van der Waals surface area contributed by atoms with Gasteiger partial charge in [0.1, 0.15) is 0 Å². The number of aromatic nitrogens is 1. The van der Waals surface area contributed by atoms with E-state index >= 15 is 0 Å². The molecule has 0 radical (unpaired) electrons. The van der Waals surface area contributed by atoms with Gasteiger partial charge in [0.15, 0.2) is 5.78 Å². The smallest absolute Gasteiger partial charge is 0.165 e. The highest BCUT2D eigenvalue weighted by molar-refractivity contribution is 6.35. The van der Waals surface area contributed by atoms with Gasteiger partial charge in [0, 0.05) is 36.9 Å². The van der Waals surface area contributed by atoms with E-state index in [2.05, 4.69) is 6.92 Å². The van der Waals surface area contributed by atoms with Gasteiger partial charge >= 0.3 is 0 Å². The summed E-state index contributed by atoms with van der Waals surface area (Å²) in [5, 5.41) is 11.4. The predicted octanol–water partition coefficient (Wildman–Crippen LogP) is 5.08. The molecular formula is C22H30ClNO3. The van der Waals surface area contributed by atoms with Crippen LogP contribution in [-0.4, -0.2) is 34.1 Å². The first-order valence-electron chi connectivity index (χ1n) is 10.1.